The minimum atomic E-state index is -0.618. The van der Waals surface area contributed by atoms with Crippen molar-refractivity contribution in [3.63, 3.8) is 0 Å². The van der Waals surface area contributed by atoms with Gasteiger partial charge in [0, 0.05) is 19.3 Å². The number of likely N-dealkylation sites (tertiary alicyclic amines) is 1. The molecule has 1 aliphatic rings. The van der Waals surface area contributed by atoms with E-state index in [0.29, 0.717) is 38.9 Å². The number of piperidine rings is 1. The Labute approximate surface area is 133 Å². The van der Waals surface area contributed by atoms with E-state index in [1.54, 1.807) is 6.92 Å². The Morgan fingerprint density at radius 2 is 1.86 bits per heavy atom. The van der Waals surface area contributed by atoms with Crippen molar-refractivity contribution in [2.45, 2.75) is 51.6 Å². The molecule has 0 amide bonds. The third-order valence-corrected chi connectivity index (χ3v) is 4.66. The van der Waals surface area contributed by atoms with E-state index in [9.17, 15) is 10.0 Å². The van der Waals surface area contributed by atoms with Crippen LogP contribution in [0.25, 0.3) is 0 Å². The van der Waals surface area contributed by atoms with Crippen LogP contribution < -0.4 is 0 Å². The zero-order chi connectivity index (χ0) is 16.1. The lowest BCUT2D eigenvalue weighted by atomic mass is 9.83. The predicted octanol–water partition coefficient (Wildman–Crippen LogP) is 3.74. The van der Waals surface area contributed by atoms with Crippen LogP contribution in [-0.4, -0.2) is 30.2 Å². The Kier molecular flexibility index (Phi) is 5.59. The van der Waals surface area contributed by atoms with Crippen molar-refractivity contribution in [3.8, 4) is 0 Å². The number of unbranched alkanes of at least 4 members (excludes halogenated alkanes) is 1. The summed E-state index contributed by atoms with van der Waals surface area (Å²) in [6.45, 7) is 5.62. The molecule has 1 aromatic rings. The molecule has 0 saturated carbocycles. The van der Waals surface area contributed by atoms with E-state index < -0.39 is 5.60 Å². The van der Waals surface area contributed by atoms with Crippen molar-refractivity contribution >= 4 is 5.97 Å². The molecule has 0 spiro atoms. The monoisotopic (exact) mass is 305 g/mol. The molecule has 1 aromatic carbocycles. The second kappa shape index (κ2) is 7.25. The second-order valence-corrected chi connectivity index (χ2v) is 6.27. The van der Waals surface area contributed by atoms with Gasteiger partial charge in [0.1, 0.15) is 5.60 Å². The molecule has 0 N–H and O–H groups in total. The predicted molar refractivity (Wildman–Crippen MR) is 86.9 cm³/mol. The van der Waals surface area contributed by atoms with Gasteiger partial charge in [-0.25, -0.2) is 0 Å². The van der Waals surface area contributed by atoms with Crippen LogP contribution >= 0.6 is 0 Å². The molecule has 0 aliphatic carbocycles. The van der Waals surface area contributed by atoms with Crippen molar-refractivity contribution < 1.29 is 14.2 Å². The number of nitrogens with zero attached hydrogens (tertiary/aromatic N) is 1. The fourth-order valence-corrected chi connectivity index (χ4v) is 3.16. The number of benzene rings is 1. The van der Waals surface area contributed by atoms with E-state index in [-0.39, 0.29) is 10.6 Å². The molecule has 22 heavy (non-hydrogen) atoms. The molecule has 1 aliphatic heterocycles. The van der Waals surface area contributed by atoms with E-state index in [2.05, 4.69) is 6.92 Å². The minimum absolute atomic E-state index is 0.147. The topological polar surface area (TPSA) is 49.4 Å². The summed E-state index contributed by atoms with van der Waals surface area (Å²) in [5.74, 6) is -0.191. The molecule has 0 radical (unpaired) electrons. The van der Waals surface area contributed by atoms with Gasteiger partial charge in [0.25, 0.3) is 0 Å². The fraction of sp³-hybridized carbons (Fsp3) is 0.611. The van der Waals surface area contributed by atoms with E-state index >= 15 is 0 Å². The maximum atomic E-state index is 12.8. The van der Waals surface area contributed by atoms with Crippen molar-refractivity contribution in [2.75, 3.05) is 19.6 Å². The average Bonchev–Trinajstić information content (AvgIpc) is 2.56. The first kappa shape index (κ1) is 17.0. The van der Waals surface area contributed by atoms with Crippen molar-refractivity contribution in [3.05, 3.63) is 41.1 Å². The number of carbonyl (C=O) groups is 1. The highest BCUT2D eigenvalue weighted by Gasteiger charge is 2.43. The first-order valence-corrected chi connectivity index (χ1v) is 8.38. The van der Waals surface area contributed by atoms with Crippen LogP contribution in [0.4, 0.5) is 0 Å². The highest BCUT2D eigenvalue weighted by Crippen LogP contribution is 2.39. The summed E-state index contributed by atoms with van der Waals surface area (Å²) in [6.07, 6.45) is 3.57. The van der Waals surface area contributed by atoms with Crippen LogP contribution in [0.2, 0.25) is 0 Å². The standard InChI is InChI=1S/C18H27NO3/c1-3-5-13-19(21)14-11-18(12-15-19,22-17(20)4-2)16-9-7-6-8-10-16/h6-10H,3-5,11-15H2,1-2H3. The molecular formula is C18H27NO3. The summed E-state index contributed by atoms with van der Waals surface area (Å²) < 4.78 is 5.68. The molecule has 0 bridgehead atoms. The molecule has 1 heterocycles. The zero-order valence-corrected chi connectivity index (χ0v) is 13.7. The van der Waals surface area contributed by atoms with Gasteiger partial charge in [-0.3, -0.25) is 4.79 Å². The van der Waals surface area contributed by atoms with Crippen LogP contribution in [0, 0.1) is 5.21 Å². The van der Waals surface area contributed by atoms with Crippen molar-refractivity contribution in [1.29, 1.82) is 0 Å². The second-order valence-electron chi connectivity index (χ2n) is 6.27. The van der Waals surface area contributed by atoms with E-state index in [1.165, 1.54) is 0 Å². The highest BCUT2D eigenvalue weighted by molar-refractivity contribution is 5.69. The Hall–Kier alpha value is -1.39. The maximum Gasteiger partial charge on any atom is 0.306 e. The largest absolute Gasteiger partial charge is 0.633 e. The van der Waals surface area contributed by atoms with Crippen LogP contribution in [0.15, 0.2) is 30.3 Å². The summed E-state index contributed by atoms with van der Waals surface area (Å²) in [5.41, 5.74) is 0.394. The summed E-state index contributed by atoms with van der Waals surface area (Å²) in [7, 11) is 0. The number of hydrogen-bond donors (Lipinski definition) is 0. The molecular weight excluding hydrogens is 278 g/mol. The van der Waals surface area contributed by atoms with Crippen molar-refractivity contribution in [1.82, 2.24) is 0 Å². The summed E-state index contributed by atoms with van der Waals surface area (Å²) in [6, 6.07) is 9.88. The number of ether oxygens (including phenoxy) is 1. The smallest absolute Gasteiger partial charge is 0.306 e. The Morgan fingerprint density at radius 1 is 1.23 bits per heavy atom. The first-order chi connectivity index (χ1) is 10.5. The number of esters is 1. The first-order valence-electron chi connectivity index (χ1n) is 8.38. The van der Waals surface area contributed by atoms with Crippen LogP contribution in [-0.2, 0) is 15.1 Å². The van der Waals surface area contributed by atoms with Gasteiger partial charge in [-0.15, -0.1) is 0 Å². The average molecular weight is 305 g/mol. The number of rotatable bonds is 6. The highest BCUT2D eigenvalue weighted by atomic mass is 16.6. The number of quaternary nitrogens is 1. The van der Waals surface area contributed by atoms with Gasteiger partial charge in [0.05, 0.1) is 19.6 Å². The van der Waals surface area contributed by atoms with Gasteiger partial charge >= 0.3 is 5.97 Å². The van der Waals surface area contributed by atoms with Gasteiger partial charge in [-0.05, 0) is 12.0 Å². The quantitative estimate of drug-likeness (QED) is 0.457. The molecule has 2 rings (SSSR count). The summed E-state index contributed by atoms with van der Waals surface area (Å²) in [5, 5.41) is 12.8. The lowest BCUT2D eigenvalue weighted by Gasteiger charge is -2.51. The Bertz CT molecular complexity index is 478. The van der Waals surface area contributed by atoms with Gasteiger partial charge in [0.2, 0.25) is 0 Å². The number of hydrogen-bond acceptors (Lipinski definition) is 3. The van der Waals surface area contributed by atoms with Crippen LogP contribution in [0.3, 0.4) is 0 Å². The number of carbonyl (C=O) groups excluding carboxylic acids is 1. The molecule has 1 fully saturated rings. The normalized spacial score (nSPS) is 28.3. The van der Waals surface area contributed by atoms with Gasteiger partial charge < -0.3 is 14.6 Å². The van der Waals surface area contributed by atoms with Gasteiger partial charge in [-0.1, -0.05) is 50.6 Å². The lowest BCUT2D eigenvalue weighted by Crippen LogP contribution is -2.54. The van der Waals surface area contributed by atoms with Crippen molar-refractivity contribution in [2.24, 2.45) is 0 Å². The zero-order valence-electron chi connectivity index (χ0n) is 13.7. The molecule has 4 heteroatoms. The molecule has 0 atom stereocenters. The Balaban J connectivity index is 2.17. The molecule has 1 saturated heterocycles. The molecule has 0 aromatic heterocycles. The van der Waals surface area contributed by atoms with Crippen LogP contribution in [0.1, 0.15) is 51.5 Å². The SMILES string of the molecule is CCCC[N+]1([O-])CCC(OC(=O)CC)(c2ccccc2)CC1. The van der Waals surface area contributed by atoms with Gasteiger partial charge in [0.15, 0.2) is 0 Å². The summed E-state index contributed by atoms with van der Waals surface area (Å²) >= 11 is 0. The fourth-order valence-electron chi connectivity index (χ4n) is 3.16. The Morgan fingerprint density at radius 3 is 2.41 bits per heavy atom. The van der Waals surface area contributed by atoms with Crippen LogP contribution in [0.5, 0.6) is 0 Å². The molecule has 4 nitrogen and oxygen atoms in total. The maximum absolute atomic E-state index is 12.8. The molecule has 0 unspecified atom stereocenters. The van der Waals surface area contributed by atoms with E-state index in [1.807, 2.05) is 30.3 Å². The van der Waals surface area contributed by atoms with E-state index in [0.717, 1.165) is 18.4 Å². The van der Waals surface area contributed by atoms with Gasteiger partial charge in [-0.2, -0.15) is 0 Å². The summed E-state index contributed by atoms with van der Waals surface area (Å²) in [4.78, 5) is 11.9. The minimum Gasteiger partial charge on any atom is -0.633 e. The van der Waals surface area contributed by atoms with E-state index in [4.69, 9.17) is 4.74 Å². The molecule has 122 valence electrons. The third kappa shape index (κ3) is 3.87. The third-order valence-electron chi connectivity index (χ3n) is 4.66. The number of hydroxylamine groups is 3. The lowest BCUT2D eigenvalue weighted by molar-refractivity contribution is -0.888.